The summed E-state index contributed by atoms with van der Waals surface area (Å²) in [5, 5.41) is 3.30. The lowest BCUT2D eigenvalue weighted by Gasteiger charge is -2.46. The molecule has 0 aromatic rings. The molecule has 0 spiro atoms. The molecular formula is C14H30N2. The Morgan fingerprint density at radius 2 is 1.88 bits per heavy atom. The van der Waals surface area contributed by atoms with Crippen LogP contribution in [0.25, 0.3) is 0 Å². The van der Waals surface area contributed by atoms with Gasteiger partial charge in [0.1, 0.15) is 0 Å². The number of hydrogen-bond donors (Lipinski definition) is 1. The van der Waals surface area contributed by atoms with Gasteiger partial charge in [-0.05, 0) is 51.6 Å². The van der Waals surface area contributed by atoms with Crippen molar-refractivity contribution in [2.24, 2.45) is 17.8 Å². The Labute approximate surface area is 102 Å². The van der Waals surface area contributed by atoms with Gasteiger partial charge in [-0.2, -0.15) is 0 Å². The van der Waals surface area contributed by atoms with Gasteiger partial charge in [-0.25, -0.2) is 0 Å². The fourth-order valence-corrected chi connectivity index (χ4v) is 3.12. The summed E-state index contributed by atoms with van der Waals surface area (Å²) in [7, 11) is 2.05. The molecule has 0 aromatic heterocycles. The largest absolute Gasteiger partial charge is 0.319 e. The zero-order valence-corrected chi connectivity index (χ0v) is 12.0. The third-order valence-electron chi connectivity index (χ3n) is 4.52. The van der Waals surface area contributed by atoms with Gasteiger partial charge in [0.05, 0.1) is 0 Å². The number of piperidine rings is 1. The summed E-state index contributed by atoms with van der Waals surface area (Å²) in [6, 6.07) is 1.43. The van der Waals surface area contributed by atoms with E-state index >= 15 is 0 Å². The van der Waals surface area contributed by atoms with E-state index in [1.165, 1.54) is 13.0 Å². The van der Waals surface area contributed by atoms with E-state index in [0.717, 1.165) is 30.3 Å². The maximum Gasteiger partial charge on any atom is 0.0108 e. The molecule has 5 atom stereocenters. The second-order valence-corrected chi connectivity index (χ2v) is 6.03. The fourth-order valence-electron chi connectivity index (χ4n) is 3.12. The van der Waals surface area contributed by atoms with Crippen LogP contribution >= 0.6 is 0 Å². The number of nitrogens with zero attached hydrogens (tertiary/aromatic N) is 1. The normalized spacial score (nSPS) is 36.0. The van der Waals surface area contributed by atoms with Crippen LogP contribution in [0.4, 0.5) is 0 Å². The van der Waals surface area contributed by atoms with E-state index in [2.05, 4.69) is 44.8 Å². The number of hydrogen-bond acceptors (Lipinski definition) is 2. The van der Waals surface area contributed by atoms with Crippen molar-refractivity contribution in [3.05, 3.63) is 0 Å². The number of nitrogens with one attached hydrogen (secondary N) is 1. The van der Waals surface area contributed by atoms with Crippen LogP contribution in [0.2, 0.25) is 0 Å². The predicted octanol–water partition coefficient (Wildman–Crippen LogP) is 2.60. The molecule has 0 aromatic carbocycles. The molecule has 0 bridgehead atoms. The summed E-state index contributed by atoms with van der Waals surface area (Å²) in [6.45, 7) is 14.3. The molecule has 1 aliphatic heterocycles. The van der Waals surface area contributed by atoms with Crippen molar-refractivity contribution in [2.45, 2.75) is 53.1 Å². The molecule has 2 heteroatoms. The zero-order valence-electron chi connectivity index (χ0n) is 12.0. The predicted molar refractivity (Wildman–Crippen MR) is 71.7 cm³/mol. The Bertz CT molecular complexity index is 205. The topological polar surface area (TPSA) is 15.3 Å². The van der Waals surface area contributed by atoms with Gasteiger partial charge in [-0.1, -0.05) is 20.8 Å². The SMILES string of the molecule is CNCC(C)C(C)N1CC(C)CC(C)C1C. The van der Waals surface area contributed by atoms with Gasteiger partial charge in [0.15, 0.2) is 0 Å². The van der Waals surface area contributed by atoms with Crippen molar-refractivity contribution in [1.29, 1.82) is 0 Å². The van der Waals surface area contributed by atoms with E-state index in [4.69, 9.17) is 0 Å². The molecule has 1 fully saturated rings. The number of likely N-dealkylation sites (tertiary alicyclic amines) is 1. The average Bonchev–Trinajstić information content (AvgIpc) is 2.22. The van der Waals surface area contributed by atoms with Gasteiger partial charge < -0.3 is 5.32 Å². The van der Waals surface area contributed by atoms with Crippen molar-refractivity contribution in [1.82, 2.24) is 10.2 Å². The average molecular weight is 226 g/mol. The molecule has 1 saturated heterocycles. The standard InChI is InChI=1S/C14H30N2/c1-10-7-11(2)13(4)16(9-10)14(5)12(3)8-15-6/h10-15H,7-9H2,1-6H3. The summed E-state index contributed by atoms with van der Waals surface area (Å²) in [6.07, 6.45) is 1.39. The molecule has 96 valence electrons. The highest BCUT2D eigenvalue weighted by Gasteiger charge is 2.33. The van der Waals surface area contributed by atoms with Gasteiger partial charge in [0.2, 0.25) is 0 Å². The molecule has 1 rings (SSSR count). The van der Waals surface area contributed by atoms with Crippen molar-refractivity contribution in [3.8, 4) is 0 Å². The van der Waals surface area contributed by atoms with E-state index in [0.29, 0.717) is 6.04 Å². The lowest BCUT2D eigenvalue weighted by atomic mass is 9.84. The molecule has 0 aliphatic carbocycles. The molecule has 0 amide bonds. The molecular weight excluding hydrogens is 196 g/mol. The highest BCUT2D eigenvalue weighted by atomic mass is 15.2. The van der Waals surface area contributed by atoms with E-state index in [1.54, 1.807) is 0 Å². The van der Waals surface area contributed by atoms with Crippen molar-refractivity contribution in [2.75, 3.05) is 20.1 Å². The Kier molecular flexibility index (Phi) is 5.26. The Morgan fingerprint density at radius 1 is 1.25 bits per heavy atom. The van der Waals surface area contributed by atoms with Crippen LogP contribution in [0.5, 0.6) is 0 Å². The summed E-state index contributed by atoms with van der Waals surface area (Å²) < 4.78 is 0. The maximum absolute atomic E-state index is 3.30. The first-order valence-electron chi connectivity index (χ1n) is 6.87. The van der Waals surface area contributed by atoms with E-state index < -0.39 is 0 Å². The van der Waals surface area contributed by atoms with Crippen LogP contribution < -0.4 is 5.32 Å². The smallest absolute Gasteiger partial charge is 0.0108 e. The highest BCUT2D eigenvalue weighted by molar-refractivity contribution is 4.87. The first-order valence-corrected chi connectivity index (χ1v) is 6.87. The molecule has 1 N–H and O–H groups in total. The summed E-state index contributed by atoms with van der Waals surface area (Å²) in [4.78, 5) is 2.72. The molecule has 1 heterocycles. The Hall–Kier alpha value is -0.0800. The minimum atomic E-state index is 0.688. The van der Waals surface area contributed by atoms with Gasteiger partial charge in [-0.15, -0.1) is 0 Å². The Morgan fingerprint density at radius 3 is 2.44 bits per heavy atom. The van der Waals surface area contributed by atoms with Crippen LogP contribution in [0.1, 0.15) is 41.0 Å². The summed E-state index contributed by atoms with van der Waals surface area (Å²) >= 11 is 0. The number of rotatable bonds is 4. The van der Waals surface area contributed by atoms with E-state index in [-0.39, 0.29) is 0 Å². The molecule has 5 unspecified atom stereocenters. The lowest BCUT2D eigenvalue weighted by Crippen LogP contribution is -2.52. The maximum atomic E-state index is 3.30. The van der Waals surface area contributed by atoms with E-state index in [9.17, 15) is 0 Å². The van der Waals surface area contributed by atoms with E-state index in [1.807, 2.05) is 7.05 Å². The third-order valence-corrected chi connectivity index (χ3v) is 4.52. The van der Waals surface area contributed by atoms with Crippen molar-refractivity contribution >= 4 is 0 Å². The first kappa shape index (κ1) is 14.0. The molecule has 16 heavy (non-hydrogen) atoms. The van der Waals surface area contributed by atoms with Gasteiger partial charge in [-0.3, -0.25) is 4.90 Å². The molecule has 1 aliphatic rings. The summed E-state index contributed by atoms with van der Waals surface area (Å²) in [5.41, 5.74) is 0. The zero-order chi connectivity index (χ0) is 12.3. The van der Waals surface area contributed by atoms with Crippen LogP contribution in [0.3, 0.4) is 0 Å². The quantitative estimate of drug-likeness (QED) is 0.792. The van der Waals surface area contributed by atoms with Gasteiger partial charge in [0, 0.05) is 18.6 Å². The molecule has 0 saturated carbocycles. The van der Waals surface area contributed by atoms with Crippen molar-refractivity contribution < 1.29 is 0 Å². The van der Waals surface area contributed by atoms with Crippen molar-refractivity contribution in [3.63, 3.8) is 0 Å². The van der Waals surface area contributed by atoms with Crippen LogP contribution in [-0.4, -0.2) is 37.1 Å². The summed E-state index contributed by atoms with van der Waals surface area (Å²) in [5.74, 6) is 2.42. The second-order valence-electron chi connectivity index (χ2n) is 6.03. The minimum absolute atomic E-state index is 0.688. The first-order chi connectivity index (χ1) is 7.47. The van der Waals surface area contributed by atoms with Gasteiger partial charge >= 0.3 is 0 Å². The highest BCUT2D eigenvalue weighted by Crippen LogP contribution is 2.30. The lowest BCUT2D eigenvalue weighted by molar-refractivity contribution is 0.0273. The minimum Gasteiger partial charge on any atom is -0.319 e. The third kappa shape index (κ3) is 3.21. The second kappa shape index (κ2) is 6.02. The Balaban J connectivity index is 2.62. The molecule has 2 nitrogen and oxygen atoms in total. The van der Waals surface area contributed by atoms with Crippen LogP contribution in [0.15, 0.2) is 0 Å². The van der Waals surface area contributed by atoms with Gasteiger partial charge in [0.25, 0.3) is 0 Å². The fraction of sp³-hybridized carbons (Fsp3) is 1.00. The van der Waals surface area contributed by atoms with Crippen LogP contribution in [-0.2, 0) is 0 Å². The van der Waals surface area contributed by atoms with Crippen LogP contribution in [0, 0.1) is 17.8 Å². The monoisotopic (exact) mass is 226 g/mol. The molecule has 0 radical (unpaired) electrons.